The van der Waals surface area contributed by atoms with E-state index in [0.29, 0.717) is 0 Å². The molecule has 0 unspecified atom stereocenters. The van der Waals surface area contributed by atoms with Gasteiger partial charge in [-0.1, -0.05) is 77.9 Å². The van der Waals surface area contributed by atoms with E-state index < -0.39 is 0 Å². The van der Waals surface area contributed by atoms with Crippen LogP contribution in [0.15, 0.2) is 121 Å². The minimum absolute atomic E-state index is 0.0195. The first-order valence-electron chi connectivity index (χ1n) is 13.7. The van der Waals surface area contributed by atoms with E-state index in [9.17, 15) is 0 Å². The van der Waals surface area contributed by atoms with Crippen molar-refractivity contribution in [1.82, 2.24) is 0 Å². The number of anilines is 3. The molecule has 190 valence electrons. The summed E-state index contributed by atoms with van der Waals surface area (Å²) in [6.45, 7) is 4.26. The van der Waals surface area contributed by atoms with E-state index in [1.54, 1.807) is 0 Å². The van der Waals surface area contributed by atoms with Gasteiger partial charge in [0.25, 0.3) is 6.71 Å². The van der Waals surface area contributed by atoms with E-state index in [4.69, 9.17) is 9.47 Å². The number of nitrogens with zero attached hydrogens (tertiary/aromatic N) is 1. The van der Waals surface area contributed by atoms with Crippen molar-refractivity contribution in [2.24, 2.45) is 0 Å². The van der Waals surface area contributed by atoms with Gasteiger partial charge in [-0.3, -0.25) is 0 Å². The molecule has 40 heavy (non-hydrogen) atoms. The van der Waals surface area contributed by atoms with E-state index in [0.717, 1.165) is 51.0 Å². The van der Waals surface area contributed by atoms with Gasteiger partial charge in [0.15, 0.2) is 0 Å². The fraction of sp³-hybridized carbons (Fsp3) is 0.0556. The van der Waals surface area contributed by atoms with Gasteiger partial charge in [0.1, 0.15) is 23.0 Å². The standard InChI is InChI=1S/C36H26BNO2/c1-23-10-15-26(16-11-23)38(27-17-12-24(2)13-18-27)28-19-20-30-34(22-28)40-32-9-5-8-31-36(32)37(30)35-29-7-4-3-6-25(29)14-21-33(35)39-31/h3-22H,1-2H3. The number of hydrogen-bond acceptors (Lipinski definition) is 3. The van der Waals surface area contributed by atoms with Crippen LogP contribution in [0.2, 0.25) is 0 Å². The van der Waals surface area contributed by atoms with Crippen LogP contribution in [0, 0.1) is 13.8 Å². The third kappa shape index (κ3) is 3.53. The van der Waals surface area contributed by atoms with Crippen molar-refractivity contribution in [3.05, 3.63) is 132 Å². The maximum atomic E-state index is 6.65. The smallest absolute Gasteiger partial charge is 0.261 e. The molecule has 2 aliphatic rings. The zero-order valence-electron chi connectivity index (χ0n) is 22.4. The predicted molar refractivity (Wildman–Crippen MR) is 166 cm³/mol. The zero-order chi connectivity index (χ0) is 26.8. The SMILES string of the molecule is Cc1ccc(N(c2ccc(C)cc2)c2ccc3c(c2)Oc2cccc4c2B3c2c(ccc3ccccc23)O4)cc1. The third-order valence-corrected chi connectivity index (χ3v) is 8.12. The van der Waals surface area contributed by atoms with E-state index in [1.165, 1.54) is 27.4 Å². The fourth-order valence-electron chi connectivity index (χ4n) is 6.16. The average Bonchev–Trinajstić information content (AvgIpc) is 2.99. The Morgan fingerprint density at radius 3 is 1.80 bits per heavy atom. The van der Waals surface area contributed by atoms with Crippen LogP contribution < -0.4 is 30.8 Å². The molecule has 2 heterocycles. The van der Waals surface area contributed by atoms with Crippen LogP contribution in [0.1, 0.15) is 11.1 Å². The highest BCUT2D eigenvalue weighted by atomic mass is 16.5. The molecule has 3 nitrogen and oxygen atoms in total. The molecule has 0 saturated heterocycles. The second kappa shape index (κ2) is 8.79. The van der Waals surface area contributed by atoms with Crippen molar-refractivity contribution in [2.45, 2.75) is 13.8 Å². The lowest BCUT2D eigenvalue weighted by molar-refractivity contribution is 0.465. The zero-order valence-corrected chi connectivity index (χ0v) is 22.4. The lowest BCUT2D eigenvalue weighted by atomic mass is 9.34. The molecule has 0 N–H and O–H groups in total. The maximum absolute atomic E-state index is 6.65. The second-order valence-electron chi connectivity index (χ2n) is 10.7. The van der Waals surface area contributed by atoms with E-state index in [-0.39, 0.29) is 6.71 Å². The van der Waals surface area contributed by atoms with Gasteiger partial charge in [0.05, 0.1) is 0 Å². The maximum Gasteiger partial charge on any atom is 0.261 e. The number of aryl methyl sites for hydroxylation is 2. The molecule has 0 aromatic heterocycles. The van der Waals surface area contributed by atoms with Crippen LogP contribution in [0.4, 0.5) is 17.1 Å². The van der Waals surface area contributed by atoms with E-state index >= 15 is 0 Å². The van der Waals surface area contributed by atoms with Crippen molar-refractivity contribution in [1.29, 1.82) is 0 Å². The summed E-state index contributed by atoms with van der Waals surface area (Å²) in [7, 11) is 0. The molecule has 6 aromatic carbocycles. The molecular weight excluding hydrogens is 489 g/mol. The fourth-order valence-corrected chi connectivity index (χ4v) is 6.16. The van der Waals surface area contributed by atoms with Crippen molar-refractivity contribution in [3.63, 3.8) is 0 Å². The summed E-state index contributed by atoms with van der Waals surface area (Å²) in [5.74, 6) is 3.49. The van der Waals surface area contributed by atoms with Crippen molar-refractivity contribution in [2.75, 3.05) is 4.90 Å². The Hall–Kier alpha value is -4.96. The largest absolute Gasteiger partial charge is 0.458 e. The molecule has 0 bridgehead atoms. The van der Waals surface area contributed by atoms with Crippen LogP contribution in [0.5, 0.6) is 23.0 Å². The van der Waals surface area contributed by atoms with Gasteiger partial charge in [-0.25, -0.2) is 0 Å². The van der Waals surface area contributed by atoms with Crippen molar-refractivity contribution < 1.29 is 9.47 Å². The summed E-state index contributed by atoms with van der Waals surface area (Å²) in [5, 5.41) is 2.42. The van der Waals surface area contributed by atoms with Crippen molar-refractivity contribution in [3.8, 4) is 23.0 Å². The molecule has 0 fully saturated rings. The monoisotopic (exact) mass is 515 g/mol. The molecule has 0 amide bonds. The van der Waals surface area contributed by atoms with Gasteiger partial charge in [0.2, 0.25) is 0 Å². The number of rotatable bonds is 3. The van der Waals surface area contributed by atoms with Crippen LogP contribution in [0.3, 0.4) is 0 Å². The molecule has 8 rings (SSSR count). The molecule has 4 heteroatoms. The van der Waals surface area contributed by atoms with Gasteiger partial charge in [0, 0.05) is 28.6 Å². The molecule has 0 aliphatic carbocycles. The summed E-state index contributed by atoms with van der Waals surface area (Å²) < 4.78 is 13.1. The summed E-state index contributed by atoms with van der Waals surface area (Å²) in [4.78, 5) is 2.29. The second-order valence-corrected chi connectivity index (χ2v) is 10.7. The minimum Gasteiger partial charge on any atom is -0.458 e. The molecule has 0 atom stereocenters. The first-order valence-corrected chi connectivity index (χ1v) is 13.7. The van der Waals surface area contributed by atoms with Gasteiger partial charge in [-0.15, -0.1) is 0 Å². The van der Waals surface area contributed by atoms with Gasteiger partial charge in [-0.2, -0.15) is 0 Å². The summed E-state index contributed by atoms with van der Waals surface area (Å²) in [5.41, 5.74) is 9.18. The highest BCUT2D eigenvalue weighted by molar-refractivity contribution is 6.99. The first kappa shape index (κ1) is 23.0. The molecule has 0 spiro atoms. The number of hydrogen-bond donors (Lipinski definition) is 0. The van der Waals surface area contributed by atoms with E-state index in [1.807, 2.05) is 12.1 Å². The number of benzene rings is 6. The summed E-state index contributed by atoms with van der Waals surface area (Å²) in [6.07, 6.45) is 0. The Morgan fingerprint density at radius 2 is 1.10 bits per heavy atom. The van der Waals surface area contributed by atoms with Gasteiger partial charge in [-0.05, 0) is 84.1 Å². The topological polar surface area (TPSA) is 21.7 Å². The molecule has 0 saturated carbocycles. The highest BCUT2D eigenvalue weighted by Crippen LogP contribution is 2.40. The van der Waals surface area contributed by atoms with E-state index in [2.05, 4.69) is 128 Å². The average molecular weight is 515 g/mol. The minimum atomic E-state index is 0.0195. The lowest BCUT2D eigenvalue weighted by Gasteiger charge is -2.34. The van der Waals surface area contributed by atoms with Crippen molar-refractivity contribution >= 4 is 50.9 Å². The van der Waals surface area contributed by atoms with Crippen LogP contribution in [-0.2, 0) is 0 Å². The molecule has 6 aromatic rings. The lowest BCUT2D eigenvalue weighted by Crippen LogP contribution is -2.57. The Kier molecular flexibility index (Phi) is 5.05. The van der Waals surface area contributed by atoms with Crippen LogP contribution in [0.25, 0.3) is 10.8 Å². The summed E-state index contributed by atoms with van der Waals surface area (Å²) >= 11 is 0. The predicted octanol–water partition coefficient (Wildman–Crippen LogP) is 7.65. The quantitative estimate of drug-likeness (QED) is 0.226. The Balaban J connectivity index is 1.33. The molecule has 0 radical (unpaired) electrons. The number of fused-ring (bicyclic) bond motifs is 6. The number of ether oxygens (including phenoxy) is 2. The molecule has 2 aliphatic heterocycles. The summed E-state index contributed by atoms with van der Waals surface area (Å²) in [6, 6.07) is 42.9. The van der Waals surface area contributed by atoms with Crippen LogP contribution in [-0.4, -0.2) is 6.71 Å². The highest BCUT2D eigenvalue weighted by Gasteiger charge is 2.41. The van der Waals surface area contributed by atoms with Gasteiger partial charge < -0.3 is 14.4 Å². The third-order valence-electron chi connectivity index (χ3n) is 8.12. The Morgan fingerprint density at radius 1 is 0.500 bits per heavy atom. The first-order chi connectivity index (χ1) is 19.6. The Bertz CT molecular complexity index is 1880. The van der Waals surface area contributed by atoms with Crippen LogP contribution >= 0.6 is 0 Å². The Labute approximate surface area is 234 Å². The normalized spacial score (nSPS) is 12.6. The van der Waals surface area contributed by atoms with Gasteiger partial charge >= 0.3 is 0 Å². The molecular formula is C36H26BNO2.